The summed E-state index contributed by atoms with van der Waals surface area (Å²) < 4.78 is 3.14. The third-order valence-corrected chi connectivity index (χ3v) is 4.10. The van der Waals surface area contributed by atoms with E-state index < -0.39 is 0 Å². The second kappa shape index (κ2) is 5.21. The van der Waals surface area contributed by atoms with Gasteiger partial charge >= 0.3 is 0 Å². The predicted octanol–water partition coefficient (Wildman–Crippen LogP) is 4.23. The number of alkyl halides is 1. The highest BCUT2D eigenvalue weighted by Crippen LogP contribution is 2.33. The van der Waals surface area contributed by atoms with Crippen molar-refractivity contribution in [3.05, 3.63) is 15.9 Å². The third kappa shape index (κ3) is 3.59. The number of rotatable bonds is 4. The Hall–Kier alpha value is 0.170. The van der Waals surface area contributed by atoms with Gasteiger partial charge in [0.2, 0.25) is 0 Å². The number of hydrogen-bond acceptors (Lipinski definition) is 1. The van der Waals surface area contributed by atoms with Crippen LogP contribution < -0.4 is 0 Å². The maximum Gasteiger partial charge on any atom is 0.0738 e. The standard InChI is InChI=1S/C12H20Br2N2/c1-8(13)6-12(3,4)7-10-11(14)9(2)15-16(10)5/h8H,6-7H2,1-5H3. The Morgan fingerprint density at radius 1 is 1.44 bits per heavy atom. The van der Waals surface area contributed by atoms with Crippen LogP contribution in [0.4, 0.5) is 0 Å². The summed E-state index contributed by atoms with van der Waals surface area (Å²) in [6.45, 7) is 8.85. The third-order valence-electron chi connectivity index (χ3n) is 2.74. The van der Waals surface area contributed by atoms with E-state index in [9.17, 15) is 0 Å². The molecule has 1 rings (SSSR count). The largest absolute Gasteiger partial charge is 0.271 e. The van der Waals surface area contributed by atoms with Gasteiger partial charge in [0.05, 0.1) is 15.9 Å². The quantitative estimate of drug-likeness (QED) is 0.742. The van der Waals surface area contributed by atoms with Gasteiger partial charge in [-0.15, -0.1) is 0 Å². The van der Waals surface area contributed by atoms with Crippen molar-refractivity contribution in [2.75, 3.05) is 0 Å². The van der Waals surface area contributed by atoms with Crippen LogP contribution >= 0.6 is 31.9 Å². The first-order valence-electron chi connectivity index (χ1n) is 5.55. The first-order valence-corrected chi connectivity index (χ1v) is 7.26. The lowest BCUT2D eigenvalue weighted by Crippen LogP contribution is -2.20. The van der Waals surface area contributed by atoms with Crippen LogP contribution in [0.2, 0.25) is 0 Å². The molecule has 16 heavy (non-hydrogen) atoms. The van der Waals surface area contributed by atoms with Crippen LogP contribution in [0.3, 0.4) is 0 Å². The molecule has 0 fully saturated rings. The number of nitrogens with zero attached hydrogens (tertiary/aromatic N) is 2. The molecule has 0 aliphatic heterocycles. The smallest absolute Gasteiger partial charge is 0.0738 e. The topological polar surface area (TPSA) is 17.8 Å². The number of hydrogen-bond donors (Lipinski definition) is 0. The molecule has 2 nitrogen and oxygen atoms in total. The molecule has 0 aliphatic rings. The van der Waals surface area contributed by atoms with E-state index in [0.29, 0.717) is 4.83 Å². The zero-order chi connectivity index (χ0) is 12.5. The van der Waals surface area contributed by atoms with Gasteiger partial charge in [-0.2, -0.15) is 5.10 Å². The Kier molecular flexibility index (Phi) is 4.64. The molecule has 1 heterocycles. The second-order valence-electron chi connectivity index (χ2n) is 5.30. The number of aryl methyl sites for hydroxylation is 2. The minimum absolute atomic E-state index is 0.283. The van der Waals surface area contributed by atoms with Crippen molar-refractivity contribution >= 4 is 31.9 Å². The van der Waals surface area contributed by atoms with Crippen LogP contribution in [-0.4, -0.2) is 14.6 Å². The summed E-state index contributed by atoms with van der Waals surface area (Å²) in [6.07, 6.45) is 2.20. The zero-order valence-corrected chi connectivity index (χ0v) is 13.8. The van der Waals surface area contributed by atoms with Crippen molar-refractivity contribution in [2.45, 2.75) is 45.4 Å². The Morgan fingerprint density at radius 2 is 2.00 bits per heavy atom. The normalized spacial score (nSPS) is 14.2. The molecule has 0 aromatic carbocycles. The molecule has 0 spiro atoms. The van der Waals surface area contributed by atoms with Gasteiger partial charge in [0, 0.05) is 11.9 Å². The molecule has 1 atom stereocenters. The minimum atomic E-state index is 0.283. The van der Waals surface area contributed by atoms with Gasteiger partial charge in [0.1, 0.15) is 0 Å². The highest BCUT2D eigenvalue weighted by molar-refractivity contribution is 9.10. The van der Waals surface area contributed by atoms with E-state index in [-0.39, 0.29) is 5.41 Å². The average molecular weight is 352 g/mol. The van der Waals surface area contributed by atoms with Crippen LogP contribution in [0.15, 0.2) is 4.47 Å². The molecular formula is C12H20Br2N2. The molecule has 0 saturated carbocycles. The van der Waals surface area contributed by atoms with Crippen LogP contribution in [0.5, 0.6) is 0 Å². The molecule has 1 unspecified atom stereocenters. The Balaban J connectivity index is 2.87. The van der Waals surface area contributed by atoms with Crippen molar-refractivity contribution in [3.8, 4) is 0 Å². The molecule has 0 aliphatic carbocycles. The summed E-state index contributed by atoms with van der Waals surface area (Å²) in [5, 5.41) is 4.43. The molecule has 0 bridgehead atoms. The van der Waals surface area contributed by atoms with Crippen LogP contribution in [0, 0.1) is 12.3 Å². The summed E-state index contributed by atoms with van der Waals surface area (Å²) in [5.41, 5.74) is 2.64. The van der Waals surface area contributed by atoms with Crippen molar-refractivity contribution in [1.82, 2.24) is 9.78 Å². The lowest BCUT2D eigenvalue weighted by Gasteiger charge is -2.26. The lowest BCUT2D eigenvalue weighted by atomic mass is 9.83. The van der Waals surface area contributed by atoms with E-state index in [1.54, 1.807) is 0 Å². The van der Waals surface area contributed by atoms with Gasteiger partial charge in [0.15, 0.2) is 0 Å². The van der Waals surface area contributed by atoms with Gasteiger partial charge < -0.3 is 0 Å². The molecule has 1 aromatic heterocycles. The summed E-state index contributed by atoms with van der Waals surface area (Å²) >= 11 is 7.26. The van der Waals surface area contributed by atoms with Crippen molar-refractivity contribution < 1.29 is 0 Å². The summed E-state index contributed by atoms with van der Waals surface area (Å²) in [7, 11) is 2.01. The van der Waals surface area contributed by atoms with Crippen LogP contribution in [-0.2, 0) is 13.5 Å². The van der Waals surface area contributed by atoms with Gasteiger partial charge in [0.25, 0.3) is 0 Å². The lowest BCUT2D eigenvalue weighted by molar-refractivity contribution is 0.326. The van der Waals surface area contributed by atoms with E-state index in [1.807, 2.05) is 18.7 Å². The Labute approximate surface area is 115 Å². The summed E-state index contributed by atoms with van der Waals surface area (Å²) in [5.74, 6) is 0. The first-order chi connectivity index (χ1) is 7.23. The van der Waals surface area contributed by atoms with E-state index >= 15 is 0 Å². The fourth-order valence-electron chi connectivity index (χ4n) is 2.16. The first kappa shape index (κ1) is 14.2. The van der Waals surface area contributed by atoms with Gasteiger partial charge in [-0.25, -0.2) is 0 Å². The summed E-state index contributed by atoms with van der Waals surface area (Å²) in [4.78, 5) is 0.551. The Morgan fingerprint density at radius 3 is 2.38 bits per heavy atom. The fourth-order valence-corrected chi connectivity index (χ4v) is 3.51. The van der Waals surface area contributed by atoms with E-state index in [1.165, 1.54) is 5.69 Å². The molecule has 0 N–H and O–H groups in total. The maximum absolute atomic E-state index is 4.43. The van der Waals surface area contributed by atoms with E-state index in [4.69, 9.17) is 0 Å². The molecule has 0 amide bonds. The van der Waals surface area contributed by atoms with Gasteiger partial charge in [-0.1, -0.05) is 36.7 Å². The van der Waals surface area contributed by atoms with E-state index in [2.05, 4.69) is 57.7 Å². The van der Waals surface area contributed by atoms with Gasteiger partial charge in [-0.3, -0.25) is 4.68 Å². The fraction of sp³-hybridized carbons (Fsp3) is 0.750. The zero-order valence-electron chi connectivity index (χ0n) is 10.6. The number of halogens is 2. The molecule has 92 valence electrons. The molecule has 4 heteroatoms. The Bertz CT molecular complexity index is 367. The monoisotopic (exact) mass is 350 g/mol. The van der Waals surface area contributed by atoms with Crippen LogP contribution in [0.25, 0.3) is 0 Å². The van der Waals surface area contributed by atoms with Gasteiger partial charge in [-0.05, 0) is 41.1 Å². The molecule has 0 radical (unpaired) electrons. The SMILES string of the molecule is Cc1nn(C)c(CC(C)(C)CC(C)Br)c1Br. The average Bonchev–Trinajstić information content (AvgIpc) is 2.29. The van der Waals surface area contributed by atoms with Crippen molar-refractivity contribution in [2.24, 2.45) is 12.5 Å². The summed E-state index contributed by atoms with van der Waals surface area (Å²) in [6, 6.07) is 0. The highest BCUT2D eigenvalue weighted by Gasteiger charge is 2.24. The highest BCUT2D eigenvalue weighted by atomic mass is 79.9. The molecular weight excluding hydrogens is 332 g/mol. The van der Waals surface area contributed by atoms with E-state index in [0.717, 1.165) is 23.0 Å². The minimum Gasteiger partial charge on any atom is -0.271 e. The maximum atomic E-state index is 4.43. The molecule has 1 aromatic rings. The van der Waals surface area contributed by atoms with Crippen LogP contribution in [0.1, 0.15) is 38.6 Å². The predicted molar refractivity (Wildman–Crippen MR) is 76.1 cm³/mol. The second-order valence-corrected chi connectivity index (χ2v) is 7.65. The van der Waals surface area contributed by atoms with Crippen molar-refractivity contribution in [1.29, 1.82) is 0 Å². The molecule has 0 saturated heterocycles. The van der Waals surface area contributed by atoms with Crippen molar-refractivity contribution in [3.63, 3.8) is 0 Å². The number of aromatic nitrogens is 2.